The number of hydrogen-bond donors (Lipinski definition) is 1. The van der Waals surface area contributed by atoms with Gasteiger partial charge in [-0.3, -0.25) is 14.5 Å². The number of rotatable bonds is 10. The number of carbonyl (C=O) groups is 2. The third-order valence-electron chi connectivity index (χ3n) is 4.86. The molecule has 1 N–H and O–H groups in total. The van der Waals surface area contributed by atoms with Crippen LogP contribution in [0.2, 0.25) is 0 Å². The molecule has 0 fully saturated rings. The summed E-state index contributed by atoms with van der Waals surface area (Å²) in [6.45, 7) is 8.51. The second kappa shape index (κ2) is 10.0. The lowest BCUT2D eigenvalue weighted by atomic mass is 10.0. The van der Waals surface area contributed by atoms with Crippen molar-refractivity contribution >= 4 is 23.1 Å². The van der Waals surface area contributed by atoms with Crippen LogP contribution in [0.25, 0.3) is 5.57 Å². The highest BCUT2D eigenvalue weighted by atomic mass is 16.5. The van der Waals surface area contributed by atoms with Gasteiger partial charge in [-0.1, -0.05) is 32.1 Å². The molecule has 0 aliphatic carbocycles. The molecule has 3 rings (SSSR count). The van der Waals surface area contributed by atoms with Gasteiger partial charge in [0.25, 0.3) is 11.8 Å². The van der Waals surface area contributed by atoms with Crippen molar-refractivity contribution in [3.63, 3.8) is 0 Å². The van der Waals surface area contributed by atoms with Gasteiger partial charge in [-0.2, -0.15) is 0 Å². The number of hydrogen-bond acceptors (Lipinski definition) is 6. The van der Waals surface area contributed by atoms with Crippen LogP contribution in [0.3, 0.4) is 0 Å². The Morgan fingerprint density at radius 2 is 1.69 bits per heavy atom. The molecule has 168 valence electrons. The molecule has 7 nitrogen and oxygen atoms in total. The van der Waals surface area contributed by atoms with Crippen molar-refractivity contribution in [1.29, 1.82) is 0 Å². The van der Waals surface area contributed by atoms with E-state index in [0.29, 0.717) is 46.6 Å². The molecule has 0 saturated heterocycles. The Morgan fingerprint density at radius 3 is 2.28 bits per heavy atom. The first-order chi connectivity index (χ1) is 15.4. The Bertz CT molecular complexity index is 1040. The number of nitrogens with zero attached hydrogens (tertiary/aromatic N) is 1. The van der Waals surface area contributed by atoms with Crippen LogP contribution in [0.5, 0.6) is 17.2 Å². The molecule has 2 aromatic carbocycles. The van der Waals surface area contributed by atoms with E-state index in [1.807, 2.05) is 0 Å². The topological polar surface area (TPSA) is 77.1 Å². The highest BCUT2D eigenvalue weighted by Crippen LogP contribution is 2.34. The second-order valence-corrected chi connectivity index (χ2v) is 7.68. The van der Waals surface area contributed by atoms with Gasteiger partial charge in [-0.05, 0) is 35.7 Å². The summed E-state index contributed by atoms with van der Waals surface area (Å²) in [7, 11) is 3.08. The third-order valence-corrected chi connectivity index (χ3v) is 4.86. The molecule has 0 spiro atoms. The fraction of sp³-hybridized carbons (Fsp3) is 0.280. The zero-order valence-corrected chi connectivity index (χ0v) is 18.8. The zero-order valence-electron chi connectivity index (χ0n) is 18.8. The first kappa shape index (κ1) is 22.9. The van der Waals surface area contributed by atoms with Crippen LogP contribution in [0.1, 0.15) is 19.4 Å². The summed E-state index contributed by atoms with van der Waals surface area (Å²) in [6.07, 6.45) is 1.52. The number of nitrogens with one attached hydrogen (secondary N) is 1. The van der Waals surface area contributed by atoms with E-state index in [1.165, 1.54) is 13.2 Å². The molecule has 1 aliphatic rings. The molecular weight excluding hydrogens is 408 g/mol. The molecule has 0 aromatic heterocycles. The Labute approximate surface area is 188 Å². The zero-order chi connectivity index (χ0) is 23.3. The van der Waals surface area contributed by atoms with Crippen molar-refractivity contribution in [3.8, 4) is 17.2 Å². The minimum atomic E-state index is -0.417. The van der Waals surface area contributed by atoms with Crippen molar-refractivity contribution in [1.82, 2.24) is 4.90 Å². The van der Waals surface area contributed by atoms with Gasteiger partial charge in [0.15, 0.2) is 11.5 Å². The Morgan fingerprint density at radius 1 is 1.00 bits per heavy atom. The number of ether oxygens (including phenoxy) is 3. The molecule has 0 unspecified atom stereocenters. The van der Waals surface area contributed by atoms with Gasteiger partial charge < -0.3 is 19.5 Å². The minimum Gasteiger partial charge on any atom is -0.493 e. The number of methoxy groups -OCH3 is 2. The lowest BCUT2D eigenvalue weighted by molar-refractivity contribution is -0.136. The standard InChI is InChI=1S/C25H28N2O5/c1-6-13-27-24(28)22(17-7-10-19(11-8-17)32-15-16(2)3)23(25(27)29)26-18-9-12-20(30-4)21(14-18)31-5/h6-12,14,16,26H,1,13,15H2,2-5H3. The van der Waals surface area contributed by atoms with Gasteiger partial charge in [0, 0.05) is 18.3 Å². The van der Waals surface area contributed by atoms with Crippen LogP contribution in [0, 0.1) is 5.92 Å². The number of imide groups is 1. The van der Waals surface area contributed by atoms with Crippen LogP contribution in [-0.4, -0.2) is 44.1 Å². The predicted molar refractivity (Wildman–Crippen MR) is 124 cm³/mol. The van der Waals surface area contributed by atoms with Crippen molar-refractivity contribution < 1.29 is 23.8 Å². The van der Waals surface area contributed by atoms with E-state index in [9.17, 15) is 9.59 Å². The second-order valence-electron chi connectivity index (χ2n) is 7.68. The monoisotopic (exact) mass is 436 g/mol. The van der Waals surface area contributed by atoms with E-state index < -0.39 is 5.91 Å². The minimum absolute atomic E-state index is 0.119. The molecular formula is C25H28N2O5. The lowest BCUT2D eigenvalue weighted by Crippen LogP contribution is -2.32. The van der Waals surface area contributed by atoms with E-state index in [-0.39, 0.29) is 18.1 Å². The predicted octanol–water partition coefficient (Wildman–Crippen LogP) is 4.12. The van der Waals surface area contributed by atoms with Gasteiger partial charge in [0.1, 0.15) is 11.4 Å². The normalized spacial score (nSPS) is 13.6. The number of amides is 2. The lowest BCUT2D eigenvalue weighted by Gasteiger charge is -2.13. The number of benzene rings is 2. The van der Waals surface area contributed by atoms with Gasteiger partial charge >= 0.3 is 0 Å². The Balaban J connectivity index is 1.99. The number of anilines is 1. The van der Waals surface area contributed by atoms with Gasteiger partial charge in [-0.15, -0.1) is 6.58 Å². The fourth-order valence-corrected chi connectivity index (χ4v) is 3.29. The first-order valence-electron chi connectivity index (χ1n) is 10.3. The van der Waals surface area contributed by atoms with Gasteiger partial charge in [-0.25, -0.2) is 0 Å². The summed E-state index contributed by atoms with van der Waals surface area (Å²) < 4.78 is 16.3. The molecule has 7 heteroatoms. The summed E-state index contributed by atoms with van der Waals surface area (Å²) in [5.74, 6) is 1.37. The average molecular weight is 437 g/mol. The van der Waals surface area contributed by atoms with Crippen molar-refractivity contribution in [3.05, 3.63) is 66.4 Å². The van der Waals surface area contributed by atoms with Crippen molar-refractivity contribution in [2.75, 3.05) is 32.7 Å². The van der Waals surface area contributed by atoms with Crippen LogP contribution < -0.4 is 19.5 Å². The van der Waals surface area contributed by atoms with Crippen LogP contribution in [0.4, 0.5) is 5.69 Å². The molecule has 0 radical (unpaired) electrons. The molecule has 0 atom stereocenters. The highest BCUT2D eigenvalue weighted by Gasteiger charge is 2.38. The molecule has 0 saturated carbocycles. The summed E-state index contributed by atoms with van der Waals surface area (Å²) >= 11 is 0. The molecule has 32 heavy (non-hydrogen) atoms. The largest absolute Gasteiger partial charge is 0.493 e. The summed E-state index contributed by atoms with van der Waals surface area (Å²) in [4.78, 5) is 27.3. The van der Waals surface area contributed by atoms with Crippen molar-refractivity contribution in [2.24, 2.45) is 5.92 Å². The fourth-order valence-electron chi connectivity index (χ4n) is 3.29. The van der Waals surface area contributed by atoms with E-state index in [0.717, 1.165) is 4.90 Å². The summed E-state index contributed by atoms with van der Waals surface area (Å²) in [5.41, 5.74) is 1.70. The SMILES string of the molecule is C=CCN1C(=O)C(Nc2ccc(OC)c(OC)c2)=C(c2ccc(OCC(C)C)cc2)C1=O. The average Bonchev–Trinajstić information content (AvgIpc) is 3.02. The molecule has 2 aromatic rings. The highest BCUT2D eigenvalue weighted by molar-refractivity contribution is 6.36. The third kappa shape index (κ3) is 4.77. The Hall–Kier alpha value is -3.74. The van der Waals surface area contributed by atoms with Crippen molar-refractivity contribution in [2.45, 2.75) is 13.8 Å². The molecule has 1 heterocycles. The van der Waals surface area contributed by atoms with Gasteiger partial charge in [0.2, 0.25) is 0 Å². The number of carbonyl (C=O) groups excluding carboxylic acids is 2. The molecule has 2 amide bonds. The quantitative estimate of drug-likeness (QED) is 0.446. The van der Waals surface area contributed by atoms with E-state index in [1.54, 1.807) is 49.6 Å². The van der Waals surface area contributed by atoms with Crippen LogP contribution in [0.15, 0.2) is 60.8 Å². The maximum Gasteiger partial charge on any atom is 0.278 e. The maximum absolute atomic E-state index is 13.1. The van der Waals surface area contributed by atoms with E-state index in [4.69, 9.17) is 14.2 Å². The Kier molecular flexibility index (Phi) is 7.20. The van der Waals surface area contributed by atoms with E-state index >= 15 is 0 Å². The maximum atomic E-state index is 13.1. The van der Waals surface area contributed by atoms with Crippen LogP contribution in [-0.2, 0) is 9.59 Å². The first-order valence-corrected chi connectivity index (χ1v) is 10.3. The summed E-state index contributed by atoms with van der Waals surface area (Å²) in [6, 6.07) is 12.3. The van der Waals surface area contributed by atoms with E-state index in [2.05, 4.69) is 25.7 Å². The van der Waals surface area contributed by atoms with Gasteiger partial charge in [0.05, 0.1) is 26.4 Å². The smallest absolute Gasteiger partial charge is 0.278 e. The molecule has 1 aliphatic heterocycles. The van der Waals surface area contributed by atoms with Crippen LogP contribution >= 0.6 is 0 Å². The summed E-state index contributed by atoms with van der Waals surface area (Å²) in [5, 5.41) is 3.11. The molecule has 0 bridgehead atoms.